The zero-order valence-corrected chi connectivity index (χ0v) is 8.32. The Morgan fingerprint density at radius 3 is 2.85 bits per heavy atom. The van der Waals surface area contributed by atoms with Crippen LogP contribution in [-0.2, 0) is 0 Å². The molecule has 3 unspecified atom stereocenters. The maximum Gasteiger partial charge on any atom is 0.0848 e. The molecule has 2 rings (SSSR count). The van der Waals surface area contributed by atoms with Gasteiger partial charge < -0.3 is 5.11 Å². The highest BCUT2D eigenvalue weighted by atomic mass is 16.3. The average molecular weight is 181 g/mol. The van der Waals surface area contributed by atoms with Crippen molar-refractivity contribution in [3.8, 4) is 0 Å². The lowest BCUT2D eigenvalue weighted by Gasteiger charge is -2.31. The van der Waals surface area contributed by atoms with Gasteiger partial charge in [-0.2, -0.15) is 0 Å². The fourth-order valence-electron chi connectivity index (χ4n) is 2.54. The third kappa shape index (κ3) is 2.12. The molecule has 0 saturated heterocycles. The molecule has 74 valence electrons. The molecule has 0 aromatic rings. The quantitative estimate of drug-likeness (QED) is 0.618. The molecule has 1 saturated carbocycles. The minimum Gasteiger partial charge on any atom is -0.388 e. The molecule has 3 atom stereocenters. The minimum atomic E-state index is -0.232. The Balaban J connectivity index is 1.91. The van der Waals surface area contributed by atoms with Gasteiger partial charge in [-0.3, -0.25) is 4.90 Å². The van der Waals surface area contributed by atoms with Gasteiger partial charge in [0.25, 0.3) is 0 Å². The second-order valence-corrected chi connectivity index (χ2v) is 4.52. The van der Waals surface area contributed by atoms with E-state index in [1.54, 1.807) is 0 Å². The Kier molecular flexibility index (Phi) is 2.70. The smallest absolute Gasteiger partial charge is 0.0848 e. The maximum atomic E-state index is 9.48. The Bertz CT molecular complexity index is 202. The van der Waals surface area contributed by atoms with E-state index in [0.717, 1.165) is 25.0 Å². The van der Waals surface area contributed by atoms with Gasteiger partial charge in [-0.05, 0) is 25.2 Å². The number of aliphatic hydroxyl groups is 1. The Labute approximate surface area is 80.2 Å². The SMILES string of the molecule is CC1CCC(N2CC=CC(O)C2)C1. The van der Waals surface area contributed by atoms with Crippen LogP contribution in [0.15, 0.2) is 12.2 Å². The summed E-state index contributed by atoms with van der Waals surface area (Å²) in [7, 11) is 0. The van der Waals surface area contributed by atoms with Crippen LogP contribution in [-0.4, -0.2) is 35.2 Å². The molecule has 1 N–H and O–H groups in total. The topological polar surface area (TPSA) is 23.5 Å². The highest BCUT2D eigenvalue weighted by Gasteiger charge is 2.28. The van der Waals surface area contributed by atoms with Crippen LogP contribution in [0.1, 0.15) is 26.2 Å². The molecular weight excluding hydrogens is 162 g/mol. The standard InChI is InChI=1S/C11H19NO/c1-9-4-5-10(7-9)12-6-2-3-11(13)8-12/h2-3,9-11,13H,4-8H2,1H3. The average Bonchev–Trinajstić information content (AvgIpc) is 2.52. The molecule has 0 spiro atoms. The molecule has 1 heterocycles. The third-order valence-corrected chi connectivity index (χ3v) is 3.30. The summed E-state index contributed by atoms with van der Waals surface area (Å²) in [5.41, 5.74) is 0. The number of hydrogen-bond donors (Lipinski definition) is 1. The molecule has 2 aliphatic rings. The molecule has 0 aromatic heterocycles. The van der Waals surface area contributed by atoms with Crippen LogP contribution in [0.25, 0.3) is 0 Å². The van der Waals surface area contributed by atoms with Gasteiger partial charge in [0.05, 0.1) is 6.10 Å². The zero-order chi connectivity index (χ0) is 9.26. The van der Waals surface area contributed by atoms with Gasteiger partial charge in [-0.1, -0.05) is 19.1 Å². The number of β-amino-alcohol motifs (C(OH)–C–C–N with tert-alkyl or cyclic N) is 1. The van der Waals surface area contributed by atoms with Gasteiger partial charge in [0, 0.05) is 19.1 Å². The predicted molar refractivity (Wildman–Crippen MR) is 53.5 cm³/mol. The highest BCUT2D eigenvalue weighted by molar-refractivity contribution is 4.99. The highest BCUT2D eigenvalue weighted by Crippen LogP contribution is 2.29. The van der Waals surface area contributed by atoms with E-state index in [1.807, 2.05) is 6.08 Å². The Morgan fingerprint density at radius 2 is 2.23 bits per heavy atom. The van der Waals surface area contributed by atoms with Crippen molar-refractivity contribution in [1.29, 1.82) is 0 Å². The van der Waals surface area contributed by atoms with Crippen molar-refractivity contribution in [2.24, 2.45) is 5.92 Å². The van der Waals surface area contributed by atoms with E-state index in [-0.39, 0.29) is 6.10 Å². The maximum absolute atomic E-state index is 9.48. The Hall–Kier alpha value is -0.340. The molecule has 2 heteroatoms. The minimum absolute atomic E-state index is 0.232. The molecule has 0 aromatic carbocycles. The first-order valence-corrected chi connectivity index (χ1v) is 5.34. The molecule has 1 aliphatic carbocycles. The van der Waals surface area contributed by atoms with Crippen molar-refractivity contribution < 1.29 is 5.11 Å². The van der Waals surface area contributed by atoms with Crippen LogP contribution in [0.2, 0.25) is 0 Å². The molecule has 1 fully saturated rings. The lowest BCUT2D eigenvalue weighted by molar-refractivity contribution is 0.113. The van der Waals surface area contributed by atoms with E-state index in [2.05, 4.69) is 17.9 Å². The van der Waals surface area contributed by atoms with E-state index in [1.165, 1.54) is 19.3 Å². The number of rotatable bonds is 1. The fourth-order valence-corrected chi connectivity index (χ4v) is 2.54. The van der Waals surface area contributed by atoms with E-state index in [0.29, 0.717) is 0 Å². The van der Waals surface area contributed by atoms with E-state index in [4.69, 9.17) is 0 Å². The fraction of sp³-hybridized carbons (Fsp3) is 0.818. The molecular formula is C11H19NO. The largest absolute Gasteiger partial charge is 0.388 e. The van der Waals surface area contributed by atoms with Crippen LogP contribution >= 0.6 is 0 Å². The number of hydrogen-bond acceptors (Lipinski definition) is 2. The first kappa shape index (κ1) is 9.22. The summed E-state index contributed by atoms with van der Waals surface area (Å²) in [5.74, 6) is 0.882. The van der Waals surface area contributed by atoms with E-state index in [9.17, 15) is 5.11 Å². The van der Waals surface area contributed by atoms with Crippen LogP contribution in [0, 0.1) is 5.92 Å². The monoisotopic (exact) mass is 181 g/mol. The summed E-state index contributed by atoms with van der Waals surface area (Å²) in [4.78, 5) is 2.42. The molecule has 0 bridgehead atoms. The van der Waals surface area contributed by atoms with E-state index >= 15 is 0 Å². The summed E-state index contributed by atoms with van der Waals surface area (Å²) in [6.07, 6.45) is 7.78. The second-order valence-electron chi connectivity index (χ2n) is 4.52. The van der Waals surface area contributed by atoms with Crippen LogP contribution in [0.4, 0.5) is 0 Å². The van der Waals surface area contributed by atoms with Gasteiger partial charge in [-0.25, -0.2) is 0 Å². The van der Waals surface area contributed by atoms with Gasteiger partial charge in [0.15, 0.2) is 0 Å². The zero-order valence-electron chi connectivity index (χ0n) is 8.32. The van der Waals surface area contributed by atoms with Crippen molar-refractivity contribution in [1.82, 2.24) is 4.90 Å². The van der Waals surface area contributed by atoms with Crippen molar-refractivity contribution in [2.75, 3.05) is 13.1 Å². The molecule has 0 radical (unpaired) electrons. The summed E-state index contributed by atoms with van der Waals surface area (Å²) in [6.45, 7) is 4.21. The lowest BCUT2D eigenvalue weighted by Crippen LogP contribution is -2.41. The molecule has 13 heavy (non-hydrogen) atoms. The Morgan fingerprint density at radius 1 is 1.38 bits per heavy atom. The number of nitrogens with zero attached hydrogens (tertiary/aromatic N) is 1. The first-order chi connectivity index (χ1) is 6.25. The molecule has 2 nitrogen and oxygen atoms in total. The normalized spacial score (nSPS) is 41.2. The van der Waals surface area contributed by atoms with Gasteiger partial charge >= 0.3 is 0 Å². The van der Waals surface area contributed by atoms with Crippen LogP contribution in [0.5, 0.6) is 0 Å². The second kappa shape index (κ2) is 3.81. The van der Waals surface area contributed by atoms with Gasteiger partial charge in [0.2, 0.25) is 0 Å². The van der Waals surface area contributed by atoms with Crippen molar-refractivity contribution >= 4 is 0 Å². The van der Waals surface area contributed by atoms with Gasteiger partial charge in [0.1, 0.15) is 0 Å². The third-order valence-electron chi connectivity index (χ3n) is 3.30. The number of aliphatic hydroxyl groups excluding tert-OH is 1. The van der Waals surface area contributed by atoms with Crippen molar-refractivity contribution in [3.05, 3.63) is 12.2 Å². The summed E-state index contributed by atoms with van der Waals surface area (Å²) in [6, 6.07) is 0.731. The lowest BCUT2D eigenvalue weighted by atomic mass is 10.1. The molecule has 1 aliphatic heterocycles. The first-order valence-electron chi connectivity index (χ1n) is 5.34. The summed E-state index contributed by atoms with van der Waals surface area (Å²) in [5, 5.41) is 9.48. The molecule has 0 amide bonds. The van der Waals surface area contributed by atoms with Crippen LogP contribution < -0.4 is 0 Å². The van der Waals surface area contributed by atoms with E-state index < -0.39 is 0 Å². The van der Waals surface area contributed by atoms with Crippen LogP contribution in [0.3, 0.4) is 0 Å². The predicted octanol–water partition coefficient (Wildman–Crippen LogP) is 1.41. The van der Waals surface area contributed by atoms with Gasteiger partial charge in [-0.15, -0.1) is 0 Å². The van der Waals surface area contributed by atoms with Crippen molar-refractivity contribution in [2.45, 2.75) is 38.3 Å². The van der Waals surface area contributed by atoms with Crippen molar-refractivity contribution in [3.63, 3.8) is 0 Å². The summed E-state index contributed by atoms with van der Waals surface area (Å²) >= 11 is 0. The summed E-state index contributed by atoms with van der Waals surface area (Å²) < 4.78 is 0.